The third-order valence-electron chi connectivity index (χ3n) is 2.30. The van der Waals surface area contributed by atoms with Crippen LogP contribution in [0.15, 0.2) is 30.3 Å². The number of carbonyl (C=O) groups is 1. The predicted octanol–water partition coefficient (Wildman–Crippen LogP) is 1.34. The van der Waals surface area contributed by atoms with Gasteiger partial charge < -0.3 is 15.6 Å². The topological polar surface area (TPSA) is 72.5 Å². The van der Waals surface area contributed by atoms with E-state index in [1.54, 1.807) is 0 Å². The quantitative estimate of drug-likeness (QED) is 0.755. The molecule has 3 N–H and O–H groups in total. The maximum Gasteiger partial charge on any atom is 0.332 e. The summed E-state index contributed by atoms with van der Waals surface area (Å²) in [5.41, 5.74) is 5.95. The van der Waals surface area contributed by atoms with Crippen LogP contribution in [-0.4, -0.2) is 29.9 Å². The van der Waals surface area contributed by atoms with Crippen LogP contribution in [0.4, 0.5) is 4.39 Å². The molecule has 2 unspecified atom stereocenters. The second-order valence-corrected chi connectivity index (χ2v) is 3.69. The molecule has 0 saturated heterocycles. The minimum Gasteiger partial charge on any atom is -0.479 e. The average Bonchev–Trinajstić information content (AvgIpc) is 2.35. The van der Waals surface area contributed by atoms with Gasteiger partial charge in [0.25, 0.3) is 0 Å². The molecule has 1 rings (SSSR count). The van der Waals surface area contributed by atoms with Gasteiger partial charge in [-0.15, -0.1) is 0 Å². The second kappa shape index (κ2) is 6.98. The van der Waals surface area contributed by atoms with Crippen molar-refractivity contribution in [2.24, 2.45) is 5.73 Å². The number of halogens is 1. The SMILES string of the molecule is NCC(F)CC(OCc1ccccc1)C(=O)O. The Morgan fingerprint density at radius 2 is 2.06 bits per heavy atom. The van der Waals surface area contributed by atoms with Gasteiger partial charge in [0.15, 0.2) is 6.10 Å². The first kappa shape index (κ1) is 13.6. The monoisotopic (exact) mass is 241 g/mol. The van der Waals surface area contributed by atoms with Crippen molar-refractivity contribution < 1.29 is 19.0 Å². The number of alkyl halides is 1. The molecule has 1 aromatic carbocycles. The standard InChI is InChI=1S/C12H16FNO3/c13-10(7-14)6-11(12(15)16)17-8-9-4-2-1-3-5-9/h1-5,10-11H,6-8,14H2,(H,15,16). The van der Waals surface area contributed by atoms with Crippen LogP contribution in [0.1, 0.15) is 12.0 Å². The Kier molecular flexibility index (Phi) is 5.59. The fourth-order valence-corrected chi connectivity index (χ4v) is 1.34. The molecule has 0 fully saturated rings. The van der Waals surface area contributed by atoms with Crippen molar-refractivity contribution in [3.05, 3.63) is 35.9 Å². The molecule has 0 aliphatic rings. The highest BCUT2D eigenvalue weighted by molar-refractivity contribution is 5.72. The van der Waals surface area contributed by atoms with E-state index in [0.717, 1.165) is 5.56 Å². The van der Waals surface area contributed by atoms with Gasteiger partial charge in [0.2, 0.25) is 0 Å². The number of ether oxygens (including phenoxy) is 1. The van der Waals surface area contributed by atoms with Gasteiger partial charge in [-0.25, -0.2) is 9.18 Å². The first-order chi connectivity index (χ1) is 8.13. The summed E-state index contributed by atoms with van der Waals surface area (Å²) >= 11 is 0. The summed E-state index contributed by atoms with van der Waals surface area (Å²) in [6, 6.07) is 9.13. The van der Waals surface area contributed by atoms with Crippen LogP contribution in [-0.2, 0) is 16.1 Å². The summed E-state index contributed by atoms with van der Waals surface area (Å²) in [6.45, 7) is -0.0480. The lowest BCUT2D eigenvalue weighted by Crippen LogP contribution is -2.30. The molecule has 1 aromatic rings. The maximum absolute atomic E-state index is 13.0. The van der Waals surface area contributed by atoms with Crippen LogP contribution in [0.3, 0.4) is 0 Å². The van der Waals surface area contributed by atoms with Gasteiger partial charge in [-0.1, -0.05) is 30.3 Å². The Balaban J connectivity index is 2.47. The van der Waals surface area contributed by atoms with Crippen molar-refractivity contribution in [1.29, 1.82) is 0 Å². The molecule has 5 heteroatoms. The van der Waals surface area contributed by atoms with Crippen molar-refractivity contribution >= 4 is 5.97 Å². The number of hydrogen-bond acceptors (Lipinski definition) is 3. The summed E-state index contributed by atoms with van der Waals surface area (Å²) in [5, 5.41) is 8.86. The Morgan fingerprint density at radius 3 is 2.59 bits per heavy atom. The number of hydrogen-bond donors (Lipinski definition) is 2. The largest absolute Gasteiger partial charge is 0.479 e. The smallest absolute Gasteiger partial charge is 0.332 e. The van der Waals surface area contributed by atoms with Crippen molar-refractivity contribution in [2.75, 3.05) is 6.54 Å². The van der Waals surface area contributed by atoms with E-state index in [1.165, 1.54) is 0 Å². The molecule has 4 nitrogen and oxygen atoms in total. The fourth-order valence-electron chi connectivity index (χ4n) is 1.34. The molecule has 0 radical (unpaired) electrons. The molecule has 17 heavy (non-hydrogen) atoms. The van der Waals surface area contributed by atoms with Gasteiger partial charge >= 0.3 is 5.97 Å². The van der Waals surface area contributed by atoms with Crippen molar-refractivity contribution in [1.82, 2.24) is 0 Å². The van der Waals surface area contributed by atoms with Crippen LogP contribution < -0.4 is 5.73 Å². The second-order valence-electron chi connectivity index (χ2n) is 3.69. The molecule has 0 aliphatic heterocycles. The van der Waals surface area contributed by atoms with Gasteiger partial charge in [0.05, 0.1) is 6.61 Å². The predicted molar refractivity (Wildman–Crippen MR) is 61.2 cm³/mol. The first-order valence-electron chi connectivity index (χ1n) is 5.36. The molecule has 0 saturated carbocycles. The Bertz CT molecular complexity index is 345. The first-order valence-corrected chi connectivity index (χ1v) is 5.36. The summed E-state index contributed by atoms with van der Waals surface area (Å²) in [5.74, 6) is -1.17. The van der Waals surface area contributed by atoms with Crippen molar-refractivity contribution in [3.8, 4) is 0 Å². The van der Waals surface area contributed by atoms with E-state index in [1.807, 2.05) is 30.3 Å². The molecule has 0 aliphatic carbocycles. The van der Waals surface area contributed by atoms with E-state index in [0.29, 0.717) is 0 Å². The maximum atomic E-state index is 13.0. The van der Waals surface area contributed by atoms with Crippen molar-refractivity contribution in [2.45, 2.75) is 25.3 Å². The lowest BCUT2D eigenvalue weighted by atomic mass is 10.1. The molecule has 0 heterocycles. The molecule has 0 aromatic heterocycles. The number of rotatable bonds is 7. The molecule has 0 spiro atoms. The molecule has 0 amide bonds. The third kappa shape index (κ3) is 4.93. The zero-order chi connectivity index (χ0) is 12.7. The summed E-state index contributed by atoms with van der Waals surface area (Å²) < 4.78 is 18.2. The lowest BCUT2D eigenvalue weighted by molar-refractivity contribution is -0.152. The Morgan fingerprint density at radius 1 is 1.41 bits per heavy atom. The zero-order valence-corrected chi connectivity index (χ0v) is 9.38. The Hall–Kier alpha value is -1.46. The van der Waals surface area contributed by atoms with Crippen molar-refractivity contribution in [3.63, 3.8) is 0 Å². The van der Waals surface area contributed by atoms with Gasteiger partial charge in [0, 0.05) is 13.0 Å². The molecular weight excluding hydrogens is 225 g/mol. The van der Waals surface area contributed by atoms with Crippen LogP contribution in [0.5, 0.6) is 0 Å². The number of benzene rings is 1. The summed E-state index contributed by atoms with van der Waals surface area (Å²) in [7, 11) is 0. The fraction of sp³-hybridized carbons (Fsp3) is 0.417. The van der Waals surface area contributed by atoms with Gasteiger partial charge in [-0.05, 0) is 5.56 Å². The highest BCUT2D eigenvalue weighted by Gasteiger charge is 2.22. The number of nitrogens with two attached hydrogens (primary N) is 1. The van der Waals surface area contributed by atoms with E-state index in [9.17, 15) is 9.18 Å². The minimum absolute atomic E-state index is 0.148. The van der Waals surface area contributed by atoms with Crippen LogP contribution >= 0.6 is 0 Å². The summed E-state index contributed by atoms with van der Waals surface area (Å²) in [6.07, 6.45) is -2.74. The number of aliphatic carboxylic acids is 1. The summed E-state index contributed by atoms with van der Waals surface area (Å²) in [4.78, 5) is 10.8. The molecular formula is C12H16FNO3. The van der Waals surface area contributed by atoms with Crippen LogP contribution in [0.25, 0.3) is 0 Å². The van der Waals surface area contributed by atoms with E-state index in [4.69, 9.17) is 15.6 Å². The highest BCUT2D eigenvalue weighted by Crippen LogP contribution is 2.09. The van der Waals surface area contributed by atoms with Gasteiger partial charge in [-0.3, -0.25) is 0 Å². The third-order valence-corrected chi connectivity index (χ3v) is 2.30. The van der Waals surface area contributed by atoms with E-state index >= 15 is 0 Å². The minimum atomic E-state index is -1.35. The number of carboxylic acid groups (broad SMARTS) is 1. The van der Waals surface area contributed by atoms with E-state index in [-0.39, 0.29) is 19.6 Å². The molecule has 2 atom stereocenters. The van der Waals surface area contributed by atoms with Crippen LogP contribution in [0, 0.1) is 0 Å². The van der Waals surface area contributed by atoms with E-state index < -0.39 is 18.2 Å². The number of carboxylic acids is 1. The highest BCUT2D eigenvalue weighted by atomic mass is 19.1. The Labute approximate surface area is 99.2 Å². The molecule has 94 valence electrons. The average molecular weight is 241 g/mol. The normalized spacial score (nSPS) is 14.2. The zero-order valence-electron chi connectivity index (χ0n) is 9.38. The molecule has 0 bridgehead atoms. The van der Waals surface area contributed by atoms with Crippen LogP contribution in [0.2, 0.25) is 0 Å². The lowest BCUT2D eigenvalue weighted by Gasteiger charge is -2.15. The van der Waals surface area contributed by atoms with Gasteiger partial charge in [0.1, 0.15) is 6.17 Å². The van der Waals surface area contributed by atoms with Gasteiger partial charge in [-0.2, -0.15) is 0 Å². The van der Waals surface area contributed by atoms with E-state index in [2.05, 4.69) is 0 Å².